The number of nitrogens with zero attached hydrogens (tertiary/aromatic N) is 3. The normalized spacial score (nSPS) is 11.2. The van der Waals surface area contributed by atoms with Gasteiger partial charge in [0.05, 0.1) is 11.3 Å². The first kappa shape index (κ1) is 20.0. The molecule has 0 aliphatic heterocycles. The average molecular weight is 362 g/mol. The Hall–Kier alpha value is -1.36. The van der Waals surface area contributed by atoms with E-state index < -0.39 is 0 Å². The van der Waals surface area contributed by atoms with Gasteiger partial charge in [0.25, 0.3) is 5.91 Å². The maximum absolute atomic E-state index is 12.2. The third kappa shape index (κ3) is 7.18. The molecule has 0 fully saturated rings. The molecule has 2 rings (SSSR count). The van der Waals surface area contributed by atoms with Gasteiger partial charge in [0.15, 0.2) is 0 Å². The lowest BCUT2D eigenvalue weighted by Crippen LogP contribution is -2.15. The Kier molecular flexibility index (Phi) is 9.63. The molecule has 0 bridgehead atoms. The standard InChI is InChI=1S/C20H31N3OS/c1-2-3-4-5-6-7-8-9-10-13-16-25-17-20(24)23-19-15-12-11-14-18(19)21-22-23/h11-12,14-15H,2-10,13,16-17H2,1H3. The van der Waals surface area contributed by atoms with Crippen molar-refractivity contribution in [2.45, 2.75) is 71.1 Å². The minimum Gasteiger partial charge on any atom is -0.272 e. The van der Waals surface area contributed by atoms with Gasteiger partial charge in [-0.25, -0.2) is 0 Å². The van der Waals surface area contributed by atoms with E-state index in [1.165, 1.54) is 68.9 Å². The summed E-state index contributed by atoms with van der Waals surface area (Å²) in [5.74, 6) is 1.55. The number of para-hydroxylation sites is 1. The van der Waals surface area contributed by atoms with Crippen LogP contribution < -0.4 is 0 Å². The highest BCUT2D eigenvalue weighted by Crippen LogP contribution is 2.14. The number of carbonyl (C=O) groups excluding carboxylic acids is 1. The van der Waals surface area contributed by atoms with Crippen LogP contribution in [0.3, 0.4) is 0 Å². The second-order valence-corrected chi connectivity index (χ2v) is 7.72. The molecule has 0 unspecified atom stereocenters. The first-order valence-electron chi connectivity index (χ1n) is 9.74. The second-order valence-electron chi connectivity index (χ2n) is 6.62. The number of thioether (sulfide) groups is 1. The first-order chi connectivity index (χ1) is 12.3. The summed E-state index contributed by atoms with van der Waals surface area (Å²) >= 11 is 1.71. The highest BCUT2D eigenvalue weighted by atomic mass is 32.2. The summed E-state index contributed by atoms with van der Waals surface area (Å²) in [4.78, 5) is 12.2. The predicted octanol–water partition coefficient (Wildman–Crippen LogP) is 5.73. The quantitative estimate of drug-likeness (QED) is 0.428. The predicted molar refractivity (Wildman–Crippen MR) is 107 cm³/mol. The van der Waals surface area contributed by atoms with Gasteiger partial charge in [0.2, 0.25) is 0 Å². The van der Waals surface area contributed by atoms with Crippen molar-refractivity contribution in [1.29, 1.82) is 0 Å². The number of fused-ring (bicyclic) bond motifs is 1. The molecule has 138 valence electrons. The molecule has 0 saturated carbocycles. The molecular formula is C20H31N3OS. The fourth-order valence-corrected chi connectivity index (χ4v) is 3.81. The topological polar surface area (TPSA) is 47.8 Å². The van der Waals surface area contributed by atoms with Gasteiger partial charge in [-0.3, -0.25) is 4.79 Å². The van der Waals surface area contributed by atoms with E-state index in [4.69, 9.17) is 0 Å². The second kappa shape index (κ2) is 12.1. The molecular weight excluding hydrogens is 330 g/mol. The fraction of sp³-hybridized carbons (Fsp3) is 0.650. The molecule has 25 heavy (non-hydrogen) atoms. The van der Waals surface area contributed by atoms with Crippen LogP contribution in [0.15, 0.2) is 24.3 Å². The third-order valence-electron chi connectivity index (χ3n) is 4.46. The maximum atomic E-state index is 12.2. The van der Waals surface area contributed by atoms with Crippen LogP contribution in [0.1, 0.15) is 75.9 Å². The molecule has 4 nitrogen and oxygen atoms in total. The molecule has 1 aromatic carbocycles. The summed E-state index contributed by atoms with van der Waals surface area (Å²) < 4.78 is 1.43. The summed E-state index contributed by atoms with van der Waals surface area (Å²) in [7, 11) is 0. The lowest BCUT2D eigenvalue weighted by atomic mass is 10.1. The van der Waals surface area contributed by atoms with Crippen molar-refractivity contribution in [3.63, 3.8) is 0 Å². The van der Waals surface area contributed by atoms with Crippen molar-refractivity contribution < 1.29 is 4.79 Å². The molecule has 0 aliphatic carbocycles. The molecule has 2 aromatic rings. The SMILES string of the molecule is CCCCCCCCCCCCSCC(=O)n1nnc2ccccc21. The minimum absolute atomic E-state index is 0.0192. The monoisotopic (exact) mass is 361 g/mol. The lowest BCUT2D eigenvalue weighted by molar-refractivity contribution is 0.0929. The summed E-state index contributed by atoms with van der Waals surface area (Å²) in [6, 6.07) is 7.58. The Balaban J connectivity index is 1.49. The molecule has 0 amide bonds. The fourth-order valence-electron chi connectivity index (χ4n) is 2.97. The summed E-state index contributed by atoms with van der Waals surface area (Å²) in [5.41, 5.74) is 1.57. The molecule has 0 radical (unpaired) electrons. The zero-order valence-corrected chi connectivity index (χ0v) is 16.3. The van der Waals surface area contributed by atoms with E-state index in [1.807, 2.05) is 24.3 Å². The van der Waals surface area contributed by atoms with Crippen LogP contribution >= 0.6 is 11.8 Å². The van der Waals surface area contributed by atoms with Crippen molar-refractivity contribution >= 4 is 28.7 Å². The highest BCUT2D eigenvalue weighted by Gasteiger charge is 2.11. The van der Waals surface area contributed by atoms with E-state index in [0.717, 1.165) is 16.8 Å². The van der Waals surface area contributed by atoms with Crippen LogP contribution in [-0.2, 0) is 0 Å². The number of unbranched alkanes of at least 4 members (excludes halogenated alkanes) is 9. The van der Waals surface area contributed by atoms with Crippen molar-refractivity contribution in [3.05, 3.63) is 24.3 Å². The van der Waals surface area contributed by atoms with Crippen LogP contribution in [-0.4, -0.2) is 32.4 Å². The third-order valence-corrected chi connectivity index (χ3v) is 5.48. The average Bonchev–Trinajstić information content (AvgIpc) is 3.06. The van der Waals surface area contributed by atoms with Gasteiger partial charge in [0.1, 0.15) is 5.52 Å². The van der Waals surface area contributed by atoms with Gasteiger partial charge in [-0.1, -0.05) is 82.1 Å². The van der Waals surface area contributed by atoms with Gasteiger partial charge < -0.3 is 0 Å². The van der Waals surface area contributed by atoms with E-state index in [0.29, 0.717) is 5.75 Å². The molecule has 5 heteroatoms. The zero-order chi connectivity index (χ0) is 17.7. The molecule has 0 N–H and O–H groups in total. The van der Waals surface area contributed by atoms with Crippen molar-refractivity contribution in [2.75, 3.05) is 11.5 Å². The van der Waals surface area contributed by atoms with Crippen LogP contribution in [0.5, 0.6) is 0 Å². The Morgan fingerprint density at radius 1 is 0.960 bits per heavy atom. The highest BCUT2D eigenvalue weighted by molar-refractivity contribution is 7.99. The van der Waals surface area contributed by atoms with Gasteiger partial charge in [0, 0.05) is 0 Å². The Morgan fingerprint density at radius 2 is 1.60 bits per heavy atom. The number of rotatable bonds is 13. The lowest BCUT2D eigenvalue weighted by Gasteiger charge is -2.03. The van der Waals surface area contributed by atoms with E-state index in [2.05, 4.69) is 17.2 Å². The largest absolute Gasteiger partial charge is 0.272 e. The van der Waals surface area contributed by atoms with Crippen LogP contribution in [0.2, 0.25) is 0 Å². The minimum atomic E-state index is 0.0192. The number of benzene rings is 1. The van der Waals surface area contributed by atoms with Gasteiger partial charge in [-0.05, 0) is 24.3 Å². The van der Waals surface area contributed by atoms with Crippen molar-refractivity contribution in [2.24, 2.45) is 0 Å². The smallest absolute Gasteiger partial charge is 0.258 e. The summed E-state index contributed by atoms with van der Waals surface area (Å²) in [6.45, 7) is 2.26. The number of carbonyl (C=O) groups is 1. The molecule has 1 heterocycles. The molecule has 0 aliphatic rings. The number of aromatic nitrogens is 3. The van der Waals surface area contributed by atoms with E-state index >= 15 is 0 Å². The first-order valence-corrected chi connectivity index (χ1v) is 10.9. The summed E-state index contributed by atoms with van der Waals surface area (Å²) in [5, 5.41) is 8.01. The van der Waals surface area contributed by atoms with Gasteiger partial charge >= 0.3 is 0 Å². The maximum Gasteiger partial charge on any atom is 0.258 e. The van der Waals surface area contributed by atoms with Crippen LogP contribution in [0, 0.1) is 0 Å². The molecule has 0 saturated heterocycles. The van der Waals surface area contributed by atoms with Gasteiger partial charge in [-0.2, -0.15) is 16.4 Å². The zero-order valence-electron chi connectivity index (χ0n) is 15.5. The van der Waals surface area contributed by atoms with Crippen molar-refractivity contribution in [3.8, 4) is 0 Å². The Bertz CT molecular complexity index is 626. The van der Waals surface area contributed by atoms with E-state index in [1.54, 1.807) is 11.8 Å². The Morgan fingerprint density at radius 3 is 2.32 bits per heavy atom. The van der Waals surface area contributed by atoms with Crippen LogP contribution in [0.4, 0.5) is 0 Å². The van der Waals surface area contributed by atoms with Crippen LogP contribution in [0.25, 0.3) is 11.0 Å². The van der Waals surface area contributed by atoms with Gasteiger partial charge in [-0.15, -0.1) is 5.10 Å². The summed E-state index contributed by atoms with van der Waals surface area (Å²) in [6.07, 6.45) is 13.5. The molecule has 0 atom stereocenters. The molecule has 1 aromatic heterocycles. The number of hydrogen-bond acceptors (Lipinski definition) is 4. The van der Waals surface area contributed by atoms with Crippen molar-refractivity contribution in [1.82, 2.24) is 15.0 Å². The number of hydrogen-bond donors (Lipinski definition) is 0. The van der Waals surface area contributed by atoms with E-state index in [-0.39, 0.29) is 5.91 Å². The van der Waals surface area contributed by atoms with E-state index in [9.17, 15) is 4.79 Å². The molecule has 0 spiro atoms. The Labute approximate surface area is 155 Å².